The molecule has 0 unspecified atom stereocenters. The van der Waals surface area contributed by atoms with Crippen LogP contribution >= 0.6 is 23.2 Å². The summed E-state index contributed by atoms with van der Waals surface area (Å²) in [6, 6.07) is 11.3. The van der Waals surface area contributed by atoms with Gasteiger partial charge in [-0.3, -0.25) is 14.6 Å². The molecule has 1 fully saturated rings. The van der Waals surface area contributed by atoms with E-state index in [4.69, 9.17) is 27.9 Å². The molecule has 3 heterocycles. The van der Waals surface area contributed by atoms with E-state index in [0.717, 1.165) is 44.1 Å². The molecule has 0 spiro atoms. The number of anilines is 4. The van der Waals surface area contributed by atoms with Crippen LogP contribution in [0.2, 0.25) is 10.0 Å². The van der Waals surface area contributed by atoms with Gasteiger partial charge in [-0.25, -0.2) is 4.98 Å². The molecule has 9 nitrogen and oxygen atoms in total. The van der Waals surface area contributed by atoms with Crippen molar-refractivity contribution >= 4 is 52.1 Å². The van der Waals surface area contributed by atoms with Gasteiger partial charge in [0.15, 0.2) is 6.73 Å². The summed E-state index contributed by atoms with van der Waals surface area (Å²) in [5, 5.41) is 7.35. The molecular weight excluding hydrogens is 501 g/mol. The molecule has 2 aliphatic heterocycles. The fraction of sp³-hybridized carbons (Fsp3) is 0.320. The van der Waals surface area contributed by atoms with Crippen molar-refractivity contribution in [3.63, 3.8) is 0 Å². The van der Waals surface area contributed by atoms with Crippen LogP contribution in [0.3, 0.4) is 0 Å². The van der Waals surface area contributed by atoms with E-state index in [2.05, 4.69) is 42.5 Å². The third kappa shape index (κ3) is 5.05. The number of halogens is 2. The van der Waals surface area contributed by atoms with Crippen LogP contribution in [0.15, 0.2) is 42.6 Å². The minimum atomic E-state index is -0.329. The monoisotopic (exact) mass is 527 g/mol. The third-order valence-corrected chi connectivity index (χ3v) is 6.80. The largest absolute Gasteiger partial charge is 0.455 e. The number of hydrogen-bond donors (Lipinski definition) is 2. The van der Waals surface area contributed by atoms with Gasteiger partial charge in [0.25, 0.3) is 5.91 Å². The summed E-state index contributed by atoms with van der Waals surface area (Å²) in [7, 11) is 4.07. The van der Waals surface area contributed by atoms with Crippen LogP contribution in [-0.4, -0.2) is 67.8 Å². The lowest BCUT2D eigenvalue weighted by atomic mass is 10.1. The maximum absolute atomic E-state index is 13.1. The summed E-state index contributed by atoms with van der Waals surface area (Å²) in [5.74, 6) is 0.218. The molecule has 188 valence electrons. The molecule has 1 amide bonds. The zero-order chi connectivity index (χ0) is 25.2. The number of carbonyl (C=O) groups excluding carboxylic acids is 1. The van der Waals surface area contributed by atoms with Gasteiger partial charge in [0.1, 0.15) is 5.56 Å². The smallest absolute Gasteiger partial charge is 0.268 e. The Hall–Kier alpha value is -3.11. The molecule has 2 N–H and O–H groups in total. The fourth-order valence-corrected chi connectivity index (χ4v) is 4.96. The number of para-hydroxylation sites is 1. The van der Waals surface area contributed by atoms with Crippen molar-refractivity contribution in [1.29, 1.82) is 0 Å². The molecule has 2 aromatic carbocycles. The van der Waals surface area contributed by atoms with Gasteiger partial charge in [-0.2, -0.15) is 4.98 Å². The standard InChI is InChI=1S/C25H27Cl2N7O2/c1-32(2)21-12-17(7-6-16(21)14-33-10-8-28-9-11-33)30-25-29-13-18-23(31-25)36-15-34(24(18)35)22-19(26)4-3-5-20(22)27/h3-7,12-13,28H,8-11,14-15H2,1-2H3,(H,29,30,31). The summed E-state index contributed by atoms with van der Waals surface area (Å²) < 4.78 is 5.79. The zero-order valence-corrected chi connectivity index (χ0v) is 21.6. The number of rotatable bonds is 6. The molecule has 5 rings (SSSR count). The second kappa shape index (κ2) is 10.5. The van der Waals surface area contributed by atoms with Crippen molar-refractivity contribution in [2.45, 2.75) is 6.54 Å². The Balaban J connectivity index is 1.34. The van der Waals surface area contributed by atoms with Crippen LogP contribution in [0.1, 0.15) is 15.9 Å². The van der Waals surface area contributed by atoms with Crippen molar-refractivity contribution in [2.75, 3.05) is 62.1 Å². The lowest BCUT2D eigenvalue weighted by Crippen LogP contribution is -2.43. The average molecular weight is 528 g/mol. The molecule has 1 saturated heterocycles. The van der Waals surface area contributed by atoms with Crippen LogP contribution < -0.4 is 25.2 Å². The Morgan fingerprint density at radius 2 is 1.89 bits per heavy atom. The van der Waals surface area contributed by atoms with E-state index in [1.807, 2.05) is 20.2 Å². The van der Waals surface area contributed by atoms with E-state index >= 15 is 0 Å². The minimum Gasteiger partial charge on any atom is -0.455 e. The summed E-state index contributed by atoms with van der Waals surface area (Å²) in [5.41, 5.74) is 3.86. The Bertz CT molecular complexity index is 1260. The van der Waals surface area contributed by atoms with Gasteiger partial charge >= 0.3 is 0 Å². The highest BCUT2D eigenvalue weighted by Crippen LogP contribution is 2.37. The second-order valence-corrected chi connectivity index (χ2v) is 9.69. The Labute approximate surface area is 220 Å². The first-order valence-corrected chi connectivity index (χ1v) is 12.4. The molecule has 3 aromatic rings. The predicted molar refractivity (Wildman–Crippen MR) is 143 cm³/mol. The number of ether oxygens (including phenoxy) is 1. The molecule has 36 heavy (non-hydrogen) atoms. The molecule has 0 bridgehead atoms. The highest BCUT2D eigenvalue weighted by atomic mass is 35.5. The highest BCUT2D eigenvalue weighted by molar-refractivity contribution is 6.40. The van der Waals surface area contributed by atoms with Gasteiger partial charge in [-0.15, -0.1) is 0 Å². The molecule has 1 aromatic heterocycles. The number of nitrogens with one attached hydrogen (secondary N) is 2. The van der Waals surface area contributed by atoms with Crippen molar-refractivity contribution in [3.05, 3.63) is 63.8 Å². The van der Waals surface area contributed by atoms with Gasteiger partial charge in [0.05, 0.1) is 15.7 Å². The summed E-state index contributed by atoms with van der Waals surface area (Å²) in [6.45, 7) is 4.94. The lowest BCUT2D eigenvalue weighted by Gasteiger charge is -2.29. The third-order valence-electron chi connectivity index (χ3n) is 6.19. The molecule has 2 aliphatic rings. The van der Waals surface area contributed by atoms with E-state index in [0.29, 0.717) is 21.7 Å². The van der Waals surface area contributed by atoms with Crippen LogP contribution in [0.5, 0.6) is 5.88 Å². The van der Waals surface area contributed by atoms with E-state index in [9.17, 15) is 4.79 Å². The zero-order valence-electron chi connectivity index (χ0n) is 20.1. The first-order chi connectivity index (χ1) is 17.4. The summed E-state index contributed by atoms with van der Waals surface area (Å²) >= 11 is 12.6. The molecular formula is C25H27Cl2N7O2. The predicted octanol–water partition coefficient (Wildman–Crippen LogP) is 3.99. The first kappa shape index (κ1) is 24.6. The maximum atomic E-state index is 13.1. The highest BCUT2D eigenvalue weighted by Gasteiger charge is 2.31. The topological polar surface area (TPSA) is 85.9 Å². The Morgan fingerprint density at radius 1 is 1.14 bits per heavy atom. The number of benzene rings is 2. The summed E-state index contributed by atoms with van der Waals surface area (Å²) in [4.78, 5) is 27.9. The molecule has 0 atom stereocenters. The quantitative estimate of drug-likeness (QED) is 0.497. The van der Waals surface area contributed by atoms with Crippen LogP contribution in [0.25, 0.3) is 0 Å². The van der Waals surface area contributed by atoms with Gasteiger partial charge in [-0.05, 0) is 29.8 Å². The molecule has 0 saturated carbocycles. The Morgan fingerprint density at radius 3 is 2.61 bits per heavy atom. The van der Waals surface area contributed by atoms with Crippen molar-refractivity contribution in [2.24, 2.45) is 0 Å². The van der Waals surface area contributed by atoms with Gasteiger partial charge < -0.3 is 20.3 Å². The van der Waals surface area contributed by atoms with Crippen molar-refractivity contribution in [3.8, 4) is 5.88 Å². The van der Waals surface area contributed by atoms with Gasteiger partial charge in [0, 0.05) is 64.4 Å². The van der Waals surface area contributed by atoms with Crippen LogP contribution in [-0.2, 0) is 6.54 Å². The second-order valence-electron chi connectivity index (χ2n) is 8.88. The molecule has 11 heteroatoms. The number of hydrogen-bond acceptors (Lipinski definition) is 8. The van der Waals surface area contributed by atoms with E-state index in [1.165, 1.54) is 16.7 Å². The van der Waals surface area contributed by atoms with Crippen molar-refractivity contribution < 1.29 is 9.53 Å². The summed E-state index contributed by atoms with van der Waals surface area (Å²) in [6.07, 6.45) is 1.45. The van der Waals surface area contributed by atoms with Gasteiger partial charge in [0.2, 0.25) is 11.8 Å². The van der Waals surface area contributed by atoms with Gasteiger partial charge in [-0.1, -0.05) is 35.3 Å². The number of aromatic nitrogens is 2. The maximum Gasteiger partial charge on any atom is 0.268 e. The number of amides is 1. The van der Waals surface area contributed by atoms with E-state index in [-0.39, 0.29) is 24.1 Å². The van der Waals surface area contributed by atoms with E-state index < -0.39 is 0 Å². The Kier molecular flexibility index (Phi) is 7.15. The normalized spacial score (nSPS) is 15.9. The first-order valence-electron chi connectivity index (χ1n) is 11.7. The number of piperazine rings is 1. The fourth-order valence-electron chi connectivity index (χ4n) is 4.36. The molecule has 0 aliphatic carbocycles. The number of fused-ring (bicyclic) bond motifs is 1. The number of nitrogens with zero attached hydrogens (tertiary/aromatic N) is 5. The SMILES string of the molecule is CN(C)c1cc(Nc2ncc3c(n2)OCN(c2c(Cl)cccc2Cl)C3=O)ccc1CN1CCNCC1. The number of carbonyl (C=O) groups is 1. The molecule has 0 radical (unpaired) electrons. The van der Waals surface area contributed by atoms with Crippen LogP contribution in [0.4, 0.5) is 23.0 Å². The van der Waals surface area contributed by atoms with E-state index in [1.54, 1.807) is 18.2 Å². The van der Waals surface area contributed by atoms with Crippen LogP contribution in [0, 0.1) is 0 Å². The average Bonchev–Trinajstić information content (AvgIpc) is 2.86. The minimum absolute atomic E-state index is 0.0583. The lowest BCUT2D eigenvalue weighted by molar-refractivity contribution is 0.0932. The van der Waals surface area contributed by atoms with Crippen molar-refractivity contribution in [1.82, 2.24) is 20.2 Å².